The molecule has 0 fully saturated rings. The number of carbonyl (C=O) groups excluding carboxylic acids is 1. The molecule has 0 saturated carbocycles. The molecule has 3 aromatic carbocycles. The Hall–Kier alpha value is -3.66. The van der Waals surface area contributed by atoms with Gasteiger partial charge in [-0.3, -0.25) is 19.2 Å². The van der Waals surface area contributed by atoms with Crippen molar-refractivity contribution in [3.8, 4) is 5.75 Å². The van der Waals surface area contributed by atoms with E-state index in [-0.39, 0.29) is 23.7 Å². The van der Waals surface area contributed by atoms with E-state index in [2.05, 4.69) is 5.32 Å². The van der Waals surface area contributed by atoms with Gasteiger partial charge in [-0.15, -0.1) is 0 Å². The van der Waals surface area contributed by atoms with Crippen molar-refractivity contribution >= 4 is 38.1 Å². The fraction of sp³-hybridized carbons (Fsp3) is 0.190. The number of nitrogens with zero attached hydrogens (tertiary/aromatic N) is 2. The van der Waals surface area contributed by atoms with Gasteiger partial charge in [0.15, 0.2) is 0 Å². The average Bonchev–Trinajstić information content (AvgIpc) is 2.74. The number of nitrogens with one attached hydrogen (secondary N) is 1. The summed E-state index contributed by atoms with van der Waals surface area (Å²) >= 11 is 0. The van der Waals surface area contributed by atoms with Gasteiger partial charge in [0.25, 0.3) is 5.69 Å². The largest absolute Gasteiger partial charge is 0.495 e. The molecule has 0 atom stereocenters. The second-order valence-corrected chi connectivity index (χ2v) is 8.75. The summed E-state index contributed by atoms with van der Waals surface area (Å²) in [4.78, 5) is 23.0. The van der Waals surface area contributed by atoms with Crippen molar-refractivity contribution in [3.05, 3.63) is 76.3 Å². The van der Waals surface area contributed by atoms with Crippen LogP contribution in [0.25, 0.3) is 10.8 Å². The molecule has 10 heteroatoms. The lowest BCUT2D eigenvalue weighted by Gasteiger charge is -2.23. The molecule has 0 radical (unpaired) electrons. The van der Waals surface area contributed by atoms with Gasteiger partial charge in [-0.1, -0.05) is 36.4 Å². The number of fused-ring (bicyclic) bond motifs is 1. The average molecular weight is 443 g/mol. The van der Waals surface area contributed by atoms with Crippen molar-refractivity contribution in [2.75, 3.05) is 24.2 Å². The minimum Gasteiger partial charge on any atom is -0.495 e. The van der Waals surface area contributed by atoms with Crippen molar-refractivity contribution in [3.63, 3.8) is 0 Å². The summed E-state index contributed by atoms with van der Waals surface area (Å²) in [6.45, 7) is -0.350. The number of nitro benzene ring substituents is 1. The van der Waals surface area contributed by atoms with Crippen LogP contribution in [0.4, 0.5) is 11.4 Å². The number of non-ortho nitro benzene ring substituents is 1. The van der Waals surface area contributed by atoms with Crippen molar-refractivity contribution in [1.82, 2.24) is 5.32 Å². The van der Waals surface area contributed by atoms with E-state index in [1.807, 2.05) is 42.5 Å². The summed E-state index contributed by atoms with van der Waals surface area (Å²) in [5.41, 5.74) is 0.451. The number of carbonyl (C=O) groups is 1. The first-order chi connectivity index (χ1) is 14.7. The second kappa shape index (κ2) is 9.00. The molecule has 0 bridgehead atoms. The minimum atomic E-state index is -3.93. The molecule has 1 N–H and O–H groups in total. The Morgan fingerprint density at radius 3 is 2.45 bits per heavy atom. The predicted octanol–water partition coefficient (Wildman–Crippen LogP) is 2.84. The number of sulfonamides is 1. The highest BCUT2D eigenvalue weighted by molar-refractivity contribution is 7.92. The number of nitro groups is 1. The van der Waals surface area contributed by atoms with Crippen LogP contribution in [-0.4, -0.2) is 39.2 Å². The molecule has 0 aliphatic heterocycles. The van der Waals surface area contributed by atoms with Gasteiger partial charge in [0.2, 0.25) is 15.9 Å². The third-order valence-corrected chi connectivity index (χ3v) is 5.76. The minimum absolute atomic E-state index is 0.0833. The first-order valence-corrected chi connectivity index (χ1v) is 11.1. The molecule has 0 spiro atoms. The van der Waals surface area contributed by atoms with Gasteiger partial charge in [0, 0.05) is 18.7 Å². The van der Waals surface area contributed by atoms with E-state index in [4.69, 9.17) is 4.74 Å². The Balaban J connectivity index is 1.80. The van der Waals surface area contributed by atoms with E-state index in [9.17, 15) is 23.3 Å². The lowest BCUT2D eigenvalue weighted by atomic mass is 10.1. The molecule has 3 aromatic rings. The van der Waals surface area contributed by atoms with Crippen molar-refractivity contribution in [2.24, 2.45) is 0 Å². The van der Waals surface area contributed by atoms with Crippen LogP contribution in [0.1, 0.15) is 5.56 Å². The Bertz CT molecular complexity index is 1240. The summed E-state index contributed by atoms with van der Waals surface area (Å²) in [7, 11) is -2.62. The summed E-state index contributed by atoms with van der Waals surface area (Å²) in [5.74, 6) is -0.467. The normalized spacial score (nSPS) is 11.2. The molecule has 0 unspecified atom stereocenters. The first kappa shape index (κ1) is 22.0. The third kappa shape index (κ3) is 5.28. The first-order valence-electron chi connectivity index (χ1n) is 9.23. The molecule has 0 aliphatic rings. The van der Waals surface area contributed by atoms with Crippen molar-refractivity contribution in [1.29, 1.82) is 0 Å². The number of anilines is 1. The highest BCUT2D eigenvalue weighted by Gasteiger charge is 2.26. The van der Waals surface area contributed by atoms with Gasteiger partial charge in [-0.05, 0) is 28.5 Å². The van der Waals surface area contributed by atoms with E-state index < -0.39 is 27.4 Å². The zero-order chi connectivity index (χ0) is 22.6. The number of methoxy groups -OCH3 is 1. The topological polar surface area (TPSA) is 119 Å². The van der Waals surface area contributed by atoms with Gasteiger partial charge in [0.05, 0.1) is 18.3 Å². The Labute approximate surface area is 179 Å². The maximum absolute atomic E-state index is 12.5. The smallest absolute Gasteiger partial charge is 0.271 e. The van der Waals surface area contributed by atoms with Gasteiger partial charge >= 0.3 is 0 Å². The zero-order valence-corrected chi connectivity index (χ0v) is 17.8. The van der Waals surface area contributed by atoms with Crippen molar-refractivity contribution < 1.29 is 22.9 Å². The fourth-order valence-corrected chi connectivity index (χ4v) is 3.96. The number of rotatable bonds is 8. The van der Waals surface area contributed by atoms with Crippen LogP contribution in [-0.2, 0) is 21.4 Å². The van der Waals surface area contributed by atoms with Crippen LogP contribution in [0.5, 0.6) is 5.75 Å². The molecule has 0 saturated heterocycles. The third-order valence-electron chi connectivity index (χ3n) is 4.63. The number of ether oxygens (including phenoxy) is 1. The predicted molar refractivity (Wildman–Crippen MR) is 118 cm³/mol. The van der Waals surface area contributed by atoms with Gasteiger partial charge in [-0.2, -0.15) is 0 Å². The Morgan fingerprint density at radius 2 is 1.81 bits per heavy atom. The summed E-state index contributed by atoms with van der Waals surface area (Å²) in [6, 6.07) is 17.1. The van der Waals surface area contributed by atoms with E-state index >= 15 is 0 Å². The maximum Gasteiger partial charge on any atom is 0.271 e. The molecular weight excluding hydrogens is 422 g/mol. The molecule has 0 aromatic heterocycles. The molecule has 9 nitrogen and oxygen atoms in total. The van der Waals surface area contributed by atoms with Gasteiger partial charge in [0.1, 0.15) is 18.0 Å². The molecule has 31 heavy (non-hydrogen) atoms. The Kier molecular flexibility index (Phi) is 6.40. The van der Waals surface area contributed by atoms with E-state index in [1.54, 1.807) is 0 Å². The molecule has 0 aliphatic carbocycles. The van der Waals surface area contributed by atoms with E-state index in [0.717, 1.165) is 33.0 Å². The highest BCUT2D eigenvalue weighted by atomic mass is 32.2. The standard InChI is InChI=1S/C21H21N3O6S/c1-30-20-10-9-18(24(26)27)12-19(20)23(31(2,28)29)14-21(25)22-13-15-7-8-16-5-3-4-6-17(16)11-15/h3-12H,13-14H2,1-2H3,(H,22,25). The highest BCUT2D eigenvalue weighted by Crippen LogP contribution is 2.33. The van der Waals surface area contributed by atoms with Gasteiger partial charge in [-0.25, -0.2) is 8.42 Å². The quantitative estimate of drug-likeness (QED) is 0.422. The van der Waals surface area contributed by atoms with E-state index in [0.29, 0.717) is 0 Å². The number of benzene rings is 3. The summed E-state index contributed by atoms with van der Waals surface area (Å²) in [5, 5.41) is 15.9. The van der Waals surface area contributed by atoms with Crippen molar-refractivity contribution in [2.45, 2.75) is 6.54 Å². The fourth-order valence-electron chi connectivity index (χ4n) is 3.10. The van der Waals surface area contributed by atoms with Crippen LogP contribution >= 0.6 is 0 Å². The number of amides is 1. The molecular formula is C21H21N3O6S. The van der Waals surface area contributed by atoms with Crippen LogP contribution in [0.15, 0.2) is 60.7 Å². The van der Waals surface area contributed by atoms with Crippen LogP contribution in [0.2, 0.25) is 0 Å². The monoisotopic (exact) mass is 443 g/mol. The Morgan fingerprint density at radius 1 is 1.10 bits per heavy atom. The number of hydrogen-bond acceptors (Lipinski definition) is 6. The second-order valence-electron chi connectivity index (χ2n) is 6.84. The summed E-state index contributed by atoms with van der Waals surface area (Å²) in [6.07, 6.45) is 0.919. The molecule has 0 heterocycles. The maximum atomic E-state index is 12.5. The van der Waals surface area contributed by atoms with Crippen LogP contribution < -0.4 is 14.4 Å². The molecule has 1 amide bonds. The number of hydrogen-bond donors (Lipinski definition) is 1. The van der Waals surface area contributed by atoms with E-state index in [1.165, 1.54) is 19.2 Å². The molecule has 162 valence electrons. The molecule has 3 rings (SSSR count). The lowest BCUT2D eigenvalue weighted by molar-refractivity contribution is -0.384. The SMILES string of the molecule is COc1ccc([N+](=O)[O-])cc1N(CC(=O)NCc1ccc2ccccc2c1)S(C)(=O)=O. The van der Waals surface area contributed by atoms with Crippen LogP contribution in [0, 0.1) is 10.1 Å². The van der Waals surface area contributed by atoms with Gasteiger partial charge < -0.3 is 10.1 Å². The van der Waals surface area contributed by atoms with Crippen LogP contribution in [0.3, 0.4) is 0 Å². The zero-order valence-electron chi connectivity index (χ0n) is 16.9. The summed E-state index contributed by atoms with van der Waals surface area (Å²) < 4.78 is 30.6. The lowest BCUT2D eigenvalue weighted by Crippen LogP contribution is -2.40.